The lowest BCUT2D eigenvalue weighted by molar-refractivity contribution is 0.289. The summed E-state index contributed by atoms with van der Waals surface area (Å²) in [4.78, 5) is 14.6. The first-order chi connectivity index (χ1) is 23.6. The van der Waals surface area contributed by atoms with Gasteiger partial charge in [0.1, 0.15) is 11.5 Å². The molecule has 1 aliphatic rings. The van der Waals surface area contributed by atoms with Gasteiger partial charge in [-0.3, -0.25) is 0 Å². The lowest BCUT2D eigenvalue weighted by atomic mass is 9.99. The molecule has 1 aliphatic carbocycles. The molecule has 5 aromatic carbocycles. The number of aromatic hydroxyl groups is 1. The number of nitrogens with zero attached hydrogens (tertiary/aromatic N) is 3. The molecule has 1 fully saturated rings. The highest BCUT2D eigenvalue weighted by Crippen LogP contribution is 2.36. The molecule has 1 N–H and O–H groups in total. The van der Waals surface area contributed by atoms with Gasteiger partial charge in [0.2, 0.25) is 0 Å². The van der Waals surface area contributed by atoms with Gasteiger partial charge in [-0.2, -0.15) is 0 Å². The molecule has 1 aromatic heterocycles. The van der Waals surface area contributed by atoms with E-state index >= 15 is 0 Å². The summed E-state index contributed by atoms with van der Waals surface area (Å²) in [5.41, 5.74) is 6.80. The van der Waals surface area contributed by atoms with Crippen molar-refractivity contribution in [1.82, 2.24) is 15.0 Å². The largest absolute Gasteiger partial charge is 0.507 e. The van der Waals surface area contributed by atoms with Crippen LogP contribution in [0, 0.1) is 11.8 Å². The highest BCUT2D eigenvalue weighted by Gasteiger charge is 2.23. The zero-order valence-corrected chi connectivity index (χ0v) is 27.4. The van der Waals surface area contributed by atoms with Gasteiger partial charge in [-0.15, -0.1) is 0 Å². The van der Waals surface area contributed by atoms with Crippen LogP contribution in [-0.4, -0.2) is 26.7 Å². The zero-order chi connectivity index (χ0) is 32.7. The molecule has 240 valence electrons. The Bertz CT molecular complexity index is 1840. The van der Waals surface area contributed by atoms with E-state index in [1.54, 1.807) is 6.07 Å². The molecule has 48 heavy (non-hydrogen) atoms. The van der Waals surface area contributed by atoms with Gasteiger partial charge in [0.15, 0.2) is 17.5 Å². The fourth-order valence-corrected chi connectivity index (χ4v) is 6.80. The first-order valence-electron chi connectivity index (χ1n) is 17.2. The highest BCUT2D eigenvalue weighted by atomic mass is 16.5. The molecular weight excluding hydrogens is 590 g/mol. The summed E-state index contributed by atoms with van der Waals surface area (Å²) in [5.74, 6) is 3.94. The fourth-order valence-electron chi connectivity index (χ4n) is 6.80. The third-order valence-corrected chi connectivity index (χ3v) is 9.60. The first kappa shape index (κ1) is 31.3. The Hall–Kier alpha value is -5.29. The van der Waals surface area contributed by atoms with Crippen LogP contribution in [-0.2, 0) is 0 Å². The molecule has 6 aromatic rings. The second kappa shape index (κ2) is 14.6. The Morgan fingerprint density at radius 3 is 1.60 bits per heavy atom. The fraction of sp³-hybridized carbons (Fsp3) is 0.233. The molecule has 7 rings (SSSR count). The smallest absolute Gasteiger partial charge is 0.167 e. The second-order valence-electron chi connectivity index (χ2n) is 12.8. The molecule has 0 amide bonds. The number of phenolic OH excluding ortho intramolecular Hbond substituents is 1. The van der Waals surface area contributed by atoms with Crippen molar-refractivity contribution in [2.45, 2.75) is 45.4 Å². The van der Waals surface area contributed by atoms with Crippen molar-refractivity contribution in [3.8, 4) is 67.9 Å². The average molecular weight is 632 g/mol. The van der Waals surface area contributed by atoms with Crippen LogP contribution in [0.15, 0.2) is 127 Å². The minimum Gasteiger partial charge on any atom is -0.507 e. The third kappa shape index (κ3) is 7.31. The summed E-state index contributed by atoms with van der Waals surface area (Å²) < 4.78 is 6.06. The van der Waals surface area contributed by atoms with Crippen molar-refractivity contribution < 1.29 is 9.84 Å². The summed E-state index contributed by atoms with van der Waals surface area (Å²) in [6.07, 6.45) is 7.60. The summed E-state index contributed by atoms with van der Waals surface area (Å²) in [6, 6.07) is 42.5. The molecule has 0 bridgehead atoms. The van der Waals surface area contributed by atoms with E-state index in [0.29, 0.717) is 35.4 Å². The Morgan fingerprint density at radius 2 is 1.08 bits per heavy atom. The van der Waals surface area contributed by atoms with Crippen LogP contribution in [0.1, 0.15) is 45.4 Å². The lowest BCUT2D eigenvalue weighted by Gasteiger charge is -2.13. The van der Waals surface area contributed by atoms with E-state index in [1.807, 2.05) is 72.8 Å². The van der Waals surface area contributed by atoms with Crippen LogP contribution in [0.25, 0.3) is 56.4 Å². The maximum atomic E-state index is 11.2. The molecule has 0 saturated heterocycles. The van der Waals surface area contributed by atoms with Gasteiger partial charge in [0, 0.05) is 17.2 Å². The molecule has 2 atom stereocenters. The van der Waals surface area contributed by atoms with Gasteiger partial charge in [-0.1, -0.05) is 135 Å². The number of ether oxygens (including phenoxy) is 1. The number of hydrogen-bond donors (Lipinski definition) is 1. The van der Waals surface area contributed by atoms with Gasteiger partial charge in [-0.05, 0) is 65.5 Å². The molecule has 0 spiro atoms. The predicted molar refractivity (Wildman–Crippen MR) is 195 cm³/mol. The van der Waals surface area contributed by atoms with E-state index in [0.717, 1.165) is 51.6 Å². The van der Waals surface area contributed by atoms with Gasteiger partial charge >= 0.3 is 0 Å². The molecular formula is C43H41N3O2. The van der Waals surface area contributed by atoms with Crippen molar-refractivity contribution in [3.05, 3.63) is 127 Å². The SMILES string of the molecule is CCC1CCC(CCCOc2ccc(-c3nc(-c4ccc(-c5ccccc5)cc4)nc(-c4ccc(-c5ccccc5)cc4)n3)c(O)c2)C1. The Morgan fingerprint density at radius 1 is 0.583 bits per heavy atom. The Labute approximate surface area is 283 Å². The molecule has 1 heterocycles. The summed E-state index contributed by atoms with van der Waals surface area (Å²) >= 11 is 0. The molecule has 2 unspecified atom stereocenters. The Balaban J connectivity index is 1.15. The lowest BCUT2D eigenvalue weighted by Crippen LogP contribution is -2.03. The normalized spacial score (nSPS) is 15.8. The van der Waals surface area contributed by atoms with E-state index in [-0.39, 0.29) is 5.75 Å². The van der Waals surface area contributed by atoms with E-state index in [2.05, 4.69) is 55.5 Å². The van der Waals surface area contributed by atoms with Gasteiger partial charge < -0.3 is 9.84 Å². The average Bonchev–Trinajstić information content (AvgIpc) is 3.62. The Kier molecular flexibility index (Phi) is 9.55. The quantitative estimate of drug-likeness (QED) is 0.144. The maximum Gasteiger partial charge on any atom is 0.167 e. The molecule has 1 saturated carbocycles. The van der Waals surface area contributed by atoms with E-state index in [9.17, 15) is 5.11 Å². The van der Waals surface area contributed by atoms with Gasteiger partial charge in [-0.25, -0.2) is 15.0 Å². The molecule has 0 aliphatic heterocycles. The van der Waals surface area contributed by atoms with Crippen LogP contribution in [0.2, 0.25) is 0 Å². The third-order valence-electron chi connectivity index (χ3n) is 9.60. The van der Waals surface area contributed by atoms with Crippen LogP contribution in [0.4, 0.5) is 0 Å². The number of benzene rings is 5. The summed E-state index contributed by atoms with van der Waals surface area (Å²) in [7, 11) is 0. The molecule has 5 heteroatoms. The van der Waals surface area contributed by atoms with Crippen molar-refractivity contribution >= 4 is 0 Å². The standard InChI is InChI=1S/C43H41N3O2/c1-2-30-15-16-31(28-30)10-9-27-48-38-25-26-39(40(47)29-38)43-45-41(36-21-17-34(18-22-36)32-11-5-3-6-12-32)44-42(46-43)37-23-19-35(20-24-37)33-13-7-4-8-14-33/h3-8,11-14,17-26,29-31,47H,2,9-10,15-16,27-28H2,1H3. The second-order valence-corrected chi connectivity index (χ2v) is 12.8. The topological polar surface area (TPSA) is 68.1 Å². The number of phenols is 1. The van der Waals surface area contributed by atoms with E-state index in [4.69, 9.17) is 19.7 Å². The number of rotatable bonds is 11. The van der Waals surface area contributed by atoms with Crippen LogP contribution >= 0.6 is 0 Å². The minimum atomic E-state index is 0.0797. The molecule has 0 radical (unpaired) electrons. The van der Waals surface area contributed by atoms with E-state index in [1.165, 1.54) is 32.1 Å². The van der Waals surface area contributed by atoms with Crippen LogP contribution in [0.3, 0.4) is 0 Å². The summed E-state index contributed by atoms with van der Waals surface area (Å²) in [6.45, 7) is 2.95. The van der Waals surface area contributed by atoms with Crippen molar-refractivity contribution in [1.29, 1.82) is 0 Å². The van der Waals surface area contributed by atoms with Crippen molar-refractivity contribution in [2.75, 3.05) is 6.61 Å². The zero-order valence-electron chi connectivity index (χ0n) is 27.4. The molecule has 5 nitrogen and oxygen atoms in total. The van der Waals surface area contributed by atoms with Crippen molar-refractivity contribution in [3.63, 3.8) is 0 Å². The summed E-state index contributed by atoms with van der Waals surface area (Å²) in [5, 5.41) is 11.2. The maximum absolute atomic E-state index is 11.2. The van der Waals surface area contributed by atoms with Gasteiger partial charge in [0.05, 0.1) is 12.2 Å². The van der Waals surface area contributed by atoms with E-state index < -0.39 is 0 Å². The van der Waals surface area contributed by atoms with Crippen LogP contribution < -0.4 is 4.74 Å². The first-order valence-corrected chi connectivity index (χ1v) is 17.2. The highest BCUT2D eigenvalue weighted by molar-refractivity contribution is 5.73. The number of aromatic nitrogens is 3. The monoisotopic (exact) mass is 631 g/mol. The van der Waals surface area contributed by atoms with Gasteiger partial charge in [0.25, 0.3) is 0 Å². The van der Waals surface area contributed by atoms with Crippen LogP contribution in [0.5, 0.6) is 11.5 Å². The minimum absolute atomic E-state index is 0.0797. The van der Waals surface area contributed by atoms with Crippen molar-refractivity contribution in [2.24, 2.45) is 11.8 Å². The predicted octanol–water partition coefficient (Wildman–Crippen LogP) is 10.9. The number of hydrogen-bond acceptors (Lipinski definition) is 5.